The zero-order chi connectivity index (χ0) is 14.5. The number of carboxylic acid groups (broad SMARTS) is 1. The highest BCUT2D eigenvalue weighted by Crippen LogP contribution is 2.54. The minimum absolute atomic E-state index is 0.203. The number of hydrogen-bond acceptors (Lipinski definition) is 4. The number of ether oxygens (including phenoxy) is 1. The van der Waals surface area contributed by atoms with Gasteiger partial charge in [0.1, 0.15) is 5.60 Å². The summed E-state index contributed by atoms with van der Waals surface area (Å²) in [6.07, 6.45) is 1.19. The van der Waals surface area contributed by atoms with Crippen LogP contribution in [0.25, 0.3) is 0 Å². The van der Waals surface area contributed by atoms with Crippen LogP contribution in [0.1, 0.15) is 40.0 Å². The fourth-order valence-electron chi connectivity index (χ4n) is 3.22. The summed E-state index contributed by atoms with van der Waals surface area (Å²) >= 11 is 0. The van der Waals surface area contributed by atoms with Crippen molar-refractivity contribution < 1.29 is 19.4 Å². The summed E-state index contributed by atoms with van der Waals surface area (Å²) in [5, 5.41) is 9.41. The van der Waals surface area contributed by atoms with Gasteiger partial charge in [-0.3, -0.25) is 4.79 Å². The van der Waals surface area contributed by atoms with Crippen molar-refractivity contribution >= 4 is 12.1 Å². The molecule has 6 heteroatoms. The highest BCUT2D eigenvalue weighted by Gasteiger charge is 2.63. The normalized spacial score (nSPS) is 33.6. The Balaban J connectivity index is 2.23. The van der Waals surface area contributed by atoms with Gasteiger partial charge in [-0.05, 0) is 40.0 Å². The number of carbonyl (C=O) groups is 2. The Labute approximate surface area is 112 Å². The predicted octanol–water partition coefficient (Wildman–Crippen LogP) is 1.19. The molecule has 2 fully saturated rings. The summed E-state index contributed by atoms with van der Waals surface area (Å²) in [6.45, 7) is 5.86. The van der Waals surface area contributed by atoms with Gasteiger partial charge in [-0.1, -0.05) is 0 Å². The third-order valence-corrected chi connectivity index (χ3v) is 4.22. The van der Waals surface area contributed by atoms with Crippen molar-refractivity contribution in [2.75, 3.05) is 13.1 Å². The lowest BCUT2D eigenvalue weighted by atomic mass is 9.87. The fraction of sp³-hybridized carbons (Fsp3) is 0.846. The minimum Gasteiger partial charge on any atom is -0.481 e. The van der Waals surface area contributed by atoms with Crippen LogP contribution in [0.2, 0.25) is 0 Å². The van der Waals surface area contributed by atoms with Crippen molar-refractivity contribution in [2.24, 2.45) is 11.1 Å². The lowest BCUT2D eigenvalue weighted by Gasteiger charge is -2.39. The number of likely N-dealkylation sites (tertiary alicyclic amines) is 1. The van der Waals surface area contributed by atoms with Crippen LogP contribution in [0, 0.1) is 5.41 Å². The van der Waals surface area contributed by atoms with Crippen molar-refractivity contribution in [3.05, 3.63) is 0 Å². The molecule has 3 N–H and O–H groups in total. The molecule has 1 saturated carbocycles. The SMILES string of the molecule is CC(C)(C)OC(=O)N1CC2(C(=O)O)CCC1(CN)C2. The summed E-state index contributed by atoms with van der Waals surface area (Å²) in [5.41, 5.74) is 3.84. The monoisotopic (exact) mass is 270 g/mol. The molecule has 2 bridgehead atoms. The van der Waals surface area contributed by atoms with Gasteiger partial charge in [0.25, 0.3) is 0 Å². The molecule has 0 aromatic rings. The molecule has 6 nitrogen and oxygen atoms in total. The van der Waals surface area contributed by atoms with Gasteiger partial charge in [-0.15, -0.1) is 0 Å². The maximum absolute atomic E-state index is 12.2. The summed E-state index contributed by atoms with van der Waals surface area (Å²) in [6, 6.07) is 0. The van der Waals surface area contributed by atoms with E-state index >= 15 is 0 Å². The van der Waals surface area contributed by atoms with Gasteiger partial charge in [0.2, 0.25) is 0 Å². The molecule has 0 spiro atoms. The van der Waals surface area contributed by atoms with Gasteiger partial charge < -0.3 is 20.5 Å². The Kier molecular flexibility index (Phi) is 3.04. The summed E-state index contributed by atoms with van der Waals surface area (Å²) in [7, 11) is 0. The minimum atomic E-state index is -0.839. The average Bonchev–Trinajstić information content (AvgIpc) is 2.81. The molecule has 1 heterocycles. The fourth-order valence-corrected chi connectivity index (χ4v) is 3.22. The Hall–Kier alpha value is -1.30. The van der Waals surface area contributed by atoms with Gasteiger partial charge in [-0.2, -0.15) is 0 Å². The van der Waals surface area contributed by atoms with Crippen molar-refractivity contribution in [3.8, 4) is 0 Å². The molecular formula is C13H22N2O4. The second-order valence-electron chi connectivity index (χ2n) is 6.76. The lowest BCUT2D eigenvalue weighted by Crippen LogP contribution is -2.54. The predicted molar refractivity (Wildman–Crippen MR) is 68.6 cm³/mol. The first-order valence-corrected chi connectivity index (χ1v) is 6.58. The van der Waals surface area contributed by atoms with E-state index in [0.29, 0.717) is 19.3 Å². The molecule has 2 atom stereocenters. The van der Waals surface area contributed by atoms with E-state index in [1.807, 2.05) is 0 Å². The van der Waals surface area contributed by atoms with Crippen LogP contribution in [0.5, 0.6) is 0 Å². The summed E-state index contributed by atoms with van der Waals surface area (Å²) < 4.78 is 5.36. The molecule has 2 rings (SSSR count). The van der Waals surface area contributed by atoms with Crippen LogP contribution in [0.4, 0.5) is 4.79 Å². The first-order chi connectivity index (χ1) is 8.64. The van der Waals surface area contributed by atoms with Gasteiger partial charge in [-0.25, -0.2) is 4.79 Å². The Morgan fingerprint density at radius 2 is 2.00 bits per heavy atom. The second kappa shape index (κ2) is 4.10. The number of amides is 1. The number of nitrogens with zero attached hydrogens (tertiary/aromatic N) is 1. The molecule has 1 amide bonds. The number of carboxylic acids is 1. The first-order valence-electron chi connectivity index (χ1n) is 6.58. The van der Waals surface area contributed by atoms with Gasteiger partial charge >= 0.3 is 12.1 Å². The van der Waals surface area contributed by atoms with Crippen LogP contribution in [-0.2, 0) is 9.53 Å². The quantitative estimate of drug-likeness (QED) is 0.786. The van der Waals surface area contributed by atoms with Crippen molar-refractivity contribution in [1.29, 1.82) is 0 Å². The molecule has 1 saturated heterocycles. The lowest BCUT2D eigenvalue weighted by molar-refractivity contribution is -0.148. The molecule has 19 heavy (non-hydrogen) atoms. The number of piperidine rings is 1. The molecule has 2 unspecified atom stereocenters. The molecule has 0 radical (unpaired) electrons. The van der Waals surface area contributed by atoms with Crippen LogP contribution >= 0.6 is 0 Å². The topological polar surface area (TPSA) is 92.9 Å². The van der Waals surface area contributed by atoms with E-state index in [0.717, 1.165) is 0 Å². The Morgan fingerprint density at radius 1 is 1.37 bits per heavy atom. The highest BCUT2D eigenvalue weighted by molar-refractivity contribution is 5.80. The third-order valence-electron chi connectivity index (χ3n) is 4.22. The molecule has 1 aliphatic heterocycles. The standard InChI is InChI=1S/C13H22N2O4/c1-11(2,3)19-10(18)15-8-12(9(16)17)4-5-13(15,6-12)7-14/h4-8,14H2,1-3H3,(H,16,17). The van der Waals surface area contributed by atoms with E-state index in [4.69, 9.17) is 10.5 Å². The van der Waals surface area contributed by atoms with Crippen LogP contribution < -0.4 is 5.73 Å². The zero-order valence-corrected chi connectivity index (χ0v) is 11.7. The van der Waals surface area contributed by atoms with Crippen LogP contribution in [0.15, 0.2) is 0 Å². The molecule has 1 aliphatic carbocycles. The maximum Gasteiger partial charge on any atom is 0.410 e. The number of hydrogen-bond donors (Lipinski definition) is 2. The van der Waals surface area contributed by atoms with Crippen molar-refractivity contribution in [3.63, 3.8) is 0 Å². The van der Waals surface area contributed by atoms with E-state index < -0.39 is 28.6 Å². The number of aliphatic carboxylic acids is 1. The summed E-state index contributed by atoms with van der Waals surface area (Å²) in [4.78, 5) is 25.2. The number of fused-ring (bicyclic) bond motifs is 2. The smallest absolute Gasteiger partial charge is 0.410 e. The molecule has 108 valence electrons. The maximum atomic E-state index is 12.2. The van der Waals surface area contributed by atoms with Crippen LogP contribution in [0.3, 0.4) is 0 Å². The molecular weight excluding hydrogens is 248 g/mol. The van der Waals surface area contributed by atoms with Crippen molar-refractivity contribution in [1.82, 2.24) is 4.90 Å². The highest BCUT2D eigenvalue weighted by atomic mass is 16.6. The largest absolute Gasteiger partial charge is 0.481 e. The average molecular weight is 270 g/mol. The van der Waals surface area contributed by atoms with E-state index in [9.17, 15) is 14.7 Å². The van der Waals surface area contributed by atoms with Crippen molar-refractivity contribution in [2.45, 2.75) is 51.2 Å². The number of rotatable bonds is 2. The van der Waals surface area contributed by atoms with E-state index in [2.05, 4.69) is 0 Å². The number of carbonyl (C=O) groups excluding carboxylic acids is 1. The van der Waals surface area contributed by atoms with Gasteiger partial charge in [0.05, 0.1) is 11.0 Å². The van der Waals surface area contributed by atoms with E-state index in [1.165, 1.54) is 4.90 Å². The zero-order valence-electron chi connectivity index (χ0n) is 11.7. The van der Waals surface area contributed by atoms with Gasteiger partial charge in [0.15, 0.2) is 0 Å². The Morgan fingerprint density at radius 3 is 2.47 bits per heavy atom. The van der Waals surface area contributed by atoms with E-state index in [-0.39, 0.29) is 13.1 Å². The molecule has 0 aromatic heterocycles. The second-order valence-corrected chi connectivity index (χ2v) is 6.76. The van der Waals surface area contributed by atoms with E-state index in [1.54, 1.807) is 20.8 Å². The molecule has 2 aliphatic rings. The van der Waals surface area contributed by atoms with Gasteiger partial charge in [0, 0.05) is 13.1 Å². The third kappa shape index (κ3) is 2.18. The van der Waals surface area contributed by atoms with Crippen LogP contribution in [-0.4, -0.2) is 46.3 Å². The Bertz CT molecular complexity index is 417. The first kappa shape index (κ1) is 14.1. The summed E-state index contributed by atoms with van der Waals surface area (Å²) in [5.74, 6) is -0.839. The molecule has 0 aromatic carbocycles. The number of nitrogens with two attached hydrogens (primary N) is 1.